The van der Waals surface area contributed by atoms with Crippen molar-refractivity contribution in [3.05, 3.63) is 84.6 Å². The van der Waals surface area contributed by atoms with Crippen molar-refractivity contribution in [2.45, 2.75) is 6.42 Å². The van der Waals surface area contributed by atoms with Crippen LogP contribution in [0.1, 0.15) is 5.69 Å². The van der Waals surface area contributed by atoms with E-state index >= 15 is 0 Å². The summed E-state index contributed by atoms with van der Waals surface area (Å²) in [5.41, 5.74) is 2.07. The van der Waals surface area contributed by atoms with Gasteiger partial charge in [0, 0.05) is 24.6 Å². The van der Waals surface area contributed by atoms with Gasteiger partial charge in [0.15, 0.2) is 0 Å². The van der Waals surface area contributed by atoms with Crippen LogP contribution in [0.3, 0.4) is 0 Å². The number of carbonyl (C=O) groups excluding carboxylic acids is 1. The highest BCUT2D eigenvalue weighted by atomic mass is 19.1. The molecule has 0 unspecified atom stereocenters. The van der Waals surface area contributed by atoms with Crippen molar-refractivity contribution in [1.29, 1.82) is 0 Å². The Morgan fingerprint density at radius 1 is 1.03 bits per heavy atom. The third kappa shape index (κ3) is 6.07. The largest absolute Gasteiger partial charge is 0.497 e. The number of urea groups is 1. The second-order valence-electron chi connectivity index (χ2n) is 6.94. The van der Waals surface area contributed by atoms with Gasteiger partial charge in [0.2, 0.25) is 11.8 Å². The quantitative estimate of drug-likeness (QED) is 0.392. The van der Waals surface area contributed by atoms with Crippen molar-refractivity contribution >= 4 is 11.7 Å². The van der Waals surface area contributed by atoms with Gasteiger partial charge in [-0.1, -0.05) is 0 Å². The Balaban J connectivity index is 1.22. The molecule has 168 valence electrons. The maximum atomic E-state index is 13.0. The summed E-state index contributed by atoms with van der Waals surface area (Å²) in [6.07, 6.45) is 3.55. The summed E-state index contributed by atoms with van der Waals surface area (Å²) < 4.78 is 29.1. The lowest BCUT2D eigenvalue weighted by molar-refractivity contribution is 0.252. The number of hydrogen-bond acceptors (Lipinski definition) is 6. The fraction of sp³-hybridized carbons (Fsp3) is 0.125. The molecule has 0 saturated carbocycles. The van der Waals surface area contributed by atoms with E-state index in [0.29, 0.717) is 36.2 Å². The van der Waals surface area contributed by atoms with Gasteiger partial charge in [-0.25, -0.2) is 19.2 Å². The number of carbonyl (C=O) groups is 1. The Morgan fingerprint density at radius 3 is 2.48 bits per heavy atom. The molecule has 2 N–H and O–H groups in total. The Labute approximate surface area is 189 Å². The molecule has 2 aromatic carbocycles. The van der Waals surface area contributed by atoms with Crippen LogP contribution in [-0.4, -0.2) is 29.7 Å². The Morgan fingerprint density at radius 2 is 1.79 bits per heavy atom. The molecule has 2 aromatic heterocycles. The van der Waals surface area contributed by atoms with Crippen LogP contribution >= 0.6 is 0 Å². The maximum absolute atomic E-state index is 13.0. The number of pyridine rings is 1. The molecule has 0 saturated heterocycles. The lowest BCUT2D eigenvalue weighted by Gasteiger charge is -2.08. The molecule has 4 rings (SSSR count). The second kappa shape index (κ2) is 10.3. The van der Waals surface area contributed by atoms with Crippen molar-refractivity contribution < 1.29 is 23.1 Å². The first-order valence-corrected chi connectivity index (χ1v) is 10.1. The lowest BCUT2D eigenvalue weighted by Crippen LogP contribution is -2.30. The van der Waals surface area contributed by atoms with Gasteiger partial charge in [0.25, 0.3) is 0 Å². The molecule has 0 bridgehead atoms. The fourth-order valence-electron chi connectivity index (χ4n) is 2.91. The molecular weight excluding hydrogens is 427 g/mol. The number of oxazole rings is 1. The molecule has 0 radical (unpaired) electrons. The molecule has 0 aliphatic heterocycles. The van der Waals surface area contributed by atoms with Crippen molar-refractivity contribution in [3.63, 3.8) is 0 Å². The summed E-state index contributed by atoms with van der Waals surface area (Å²) in [6, 6.07) is 15.9. The van der Waals surface area contributed by atoms with Crippen LogP contribution in [0.15, 0.2) is 77.5 Å². The van der Waals surface area contributed by atoms with Crippen LogP contribution < -0.4 is 20.1 Å². The Hall–Kier alpha value is -4.40. The number of amides is 2. The van der Waals surface area contributed by atoms with Crippen LogP contribution in [0.4, 0.5) is 14.9 Å². The van der Waals surface area contributed by atoms with Gasteiger partial charge in [0.05, 0.1) is 24.7 Å². The first-order chi connectivity index (χ1) is 16.1. The monoisotopic (exact) mass is 448 g/mol. The third-order valence-corrected chi connectivity index (χ3v) is 4.59. The number of nitrogens with one attached hydrogen (secondary N) is 2. The number of aromatic nitrogens is 2. The van der Waals surface area contributed by atoms with E-state index in [-0.39, 0.29) is 11.8 Å². The van der Waals surface area contributed by atoms with Crippen molar-refractivity contribution in [3.8, 4) is 28.8 Å². The number of anilines is 1. The van der Waals surface area contributed by atoms with Gasteiger partial charge in [-0.05, 0) is 54.6 Å². The number of rotatable bonds is 8. The Kier molecular flexibility index (Phi) is 6.79. The van der Waals surface area contributed by atoms with Crippen LogP contribution in [0.25, 0.3) is 11.5 Å². The molecule has 4 aromatic rings. The molecule has 0 fully saturated rings. The van der Waals surface area contributed by atoms with Crippen molar-refractivity contribution in [2.75, 3.05) is 19.0 Å². The molecule has 2 heterocycles. The summed E-state index contributed by atoms with van der Waals surface area (Å²) in [4.78, 5) is 20.7. The highest BCUT2D eigenvalue weighted by molar-refractivity contribution is 5.89. The lowest BCUT2D eigenvalue weighted by atomic mass is 10.2. The molecular formula is C24H21FN4O4. The number of hydrogen-bond donors (Lipinski definition) is 2. The molecule has 33 heavy (non-hydrogen) atoms. The minimum atomic E-state index is -0.372. The topological polar surface area (TPSA) is 98.5 Å². The molecule has 0 aliphatic rings. The zero-order valence-corrected chi connectivity index (χ0v) is 17.7. The predicted molar refractivity (Wildman–Crippen MR) is 120 cm³/mol. The summed E-state index contributed by atoms with van der Waals surface area (Å²) in [7, 11) is 1.61. The molecule has 0 aliphatic carbocycles. The highest BCUT2D eigenvalue weighted by Gasteiger charge is 2.08. The van der Waals surface area contributed by atoms with Gasteiger partial charge in [-0.3, -0.25) is 0 Å². The second-order valence-corrected chi connectivity index (χ2v) is 6.94. The van der Waals surface area contributed by atoms with E-state index in [1.54, 1.807) is 25.5 Å². The van der Waals surface area contributed by atoms with E-state index < -0.39 is 0 Å². The average Bonchev–Trinajstić information content (AvgIpc) is 3.31. The number of halogens is 1. The molecule has 0 atom stereocenters. The van der Waals surface area contributed by atoms with E-state index in [0.717, 1.165) is 17.0 Å². The van der Waals surface area contributed by atoms with E-state index in [1.165, 1.54) is 30.5 Å². The molecule has 9 heteroatoms. The van der Waals surface area contributed by atoms with Gasteiger partial charge in [-0.15, -0.1) is 0 Å². The van der Waals surface area contributed by atoms with Crippen molar-refractivity contribution in [2.24, 2.45) is 0 Å². The fourth-order valence-corrected chi connectivity index (χ4v) is 2.91. The first kappa shape index (κ1) is 21.8. The minimum absolute atomic E-state index is 0.325. The summed E-state index contributed by atoms with van der Waals surface area (Å²) in [6.45, 7) is 0.375. The third-order valence-electron chi connectivity index (χ3n) is 4.59. The summed E-state index contributed by atoms with van der Waals surface area (Å²) in [5.74, 6) is 1.70. The Bertz CT molecular complexity index is 1190. The van der Waals surface area contributed by atoms with Crippen molar-refractivity contribution in [1.82, 2.24) is 15.3 Å². The van der Waals surface area contributed by atoms with E-state index in [1.807, 2.05) is 24.3 Å². The van der Waals surface area contributed by atoms with E-state index in [4.69, 9.17) is 13.9 Å². The van der Waals surface area contributed by atoms with Gasteiger partial charge in [0.1, 0.15) is 23.6 Å². The average molecular weight is 448 g/mol. The van der Waals surface area contributed by atoms with Gasteiger partial charge < -0.3 is 24.5 Å². The highest BCUT2D eigenvalue weighted by Crippen LogP contribution is 2.22. The minimum Gasteiger partial charge on any atom is -0.497 e. The zero-order valence-electron chi connectivity index (χ0n) is 17.7. The van der Waals surface area contributed by atoms with E-state index in [2.05, 4.69) is 20.6 Å². The van der Waals surface area contributed by atoms with Crippen LogP contribution in [0.5, 0.6) is 17.4 Å². The standard InChI is InChI=1S/C24H21FN4O4/c1-31-20-7-2-16(3-8-20)23-28-19(15-32-23)12-13-26-24(30)29-18-6-11-22(27-14-18)33-21-9-4-17(25)5-10-21/h2-11,14-15H,12-13H2,1H3,(H2,26,29,30). The predicted octanol–water partition coefficient (Wildman–Crippen LogP) is 5.04. The number of ether oxygens (including phenoxy) is 2. The molecule has 8 nitrogen and oxygen atoms in total. The molecule has 2 amide bonds. The zero-order chi connectivity index (χ0) is 23.0. The number of methoxy groups -OCH3 is 1. The number of benzene rings is 2. The van der Waals surface area contributed by atoms with E-state index in [9.17, 15) is 9.18 Å². The van der Waals surface area contributed by atoms with Gasteiger partial charge >= 0.3 is 6.03 Å². The number of nitrogens with zero attached hydrogens (tertiary/aromatic N) is 2. The molecule has 0 spiro atoms. The van der Waals surface area contributed by atoms with Crippen LogP contribution in [0, 0.1) is 5.82 Å². The normalized spacial score (nSPS) is 10.5. The smallest absolute Gasteiger partial charge is 0.319 e. The maximum Gasteiger partial charge on any atom is 0.319 e. The van der Waals surface area contributed by atoms with Gasteiger partial charge in [-0.2, -0.15) is 0 Å². The van der Waals surface area contributed by atoms with Crippen LogP contribution in [0.2, 0.25) is 0 Å². The SMILES string of the molecule is COc1ccc(-c2nc(CCNC(=O)Nc3ccc(Oc4ccc(F)cc4)nc3)co2)cc1. The first-order valence-electron chi connectivity index (χ1n) is 10.1. The summed E-state index contributed by atoms with van der Waals surface area (Å²) >= 11 is 0. The van der Waals surface area contributed by atoms with Crippen LogP contribution in [-0.2, 0) is 6.42 Å². The summed E-state index contributed by atoms with van der Waals surface area (Å²) in [5, 5.41) is 5.46.